The third-order valence-corrected chi connectivity index (χ3v) is 2.68. The second kappa shape index (κ2) is 5.79. The Balaban J connectivity index is 1.99. The van der Waals surface area contributed by atoms with Crippen molar-refractivity contribution >= 4 is 0 Å². The molecule has 0 amide bonds. The van der Waals surface area contributed by atoms with Gasteiger partial charge in [-0.25, -0.2) is 4.39 Å². The van der Waals surface area contributed by atoms with E-state index in [2.05, 4.69) is 10.1 Å². The van der Waals surface area contributed by atoms with E-state index in [-0.39, 0.29) is 24.3 Å². The average molecular weight is 265 g/mol. The van der Waals surface area contributed by atoms with Crippen LogP contribution in [0, 0.1) is 11.7 Å². The lowest BCUT2D eigenvalue weighted by Crippen LogP contribution is -2.17. The Morgan fingerprint density at radius 2 is 2.11 bits per heavy atom. The van der Waals surface area contributed by atoms with Crippen molar-refractivity contribution in [1.29, 1.82) is 0 Å². The van der Waals surface area contributed by atoms with Gasteiger partial charge in [-0.15, -0.1) is 0 Å². The largest absolute Gasteiger partial charge is 0.482 e. The molecule has 1 atom stereocenters. The van der Waals surface area contributed by atoms with E-state index in [1.165, 1.54) is 12.1 Å². The molecule has 6 heteroatoms. The fourth-order valence-electron chi connectivity index (χ4n) is 1.45. The van der Waals surface area contributed by atoms with Crippen LogP contribution in [-0.4, -0.2) is 10.1 Å². The van der Waals surface area contributed by atoms with Crippen LogP contribution in [0.15, 0.2) is 28.8 Å². The number of benzene rings is 1. The van der Waals surface area contributed by atoms with Gasteiger partial charge in [0, 0.05) is 0 Å². The minimum Gasteiger partial charge on any atom is -0.482 e. The Labute approximate surface area is 110 Å². The number of para-hydroxylation sites is 1. The second-order valence-electron chi connectivity index (χ2n) is 4.54. The number of halogens is 1. The van der Waals surface area contributed by atoms with Gasteiger partial charge in [-0.1, -0.05) is 31.1 Å². The molecule has 0 aliphatic heterocycles. The van der Waals surface area contributed by atoms with Crippen LogP contribution in [0.1, 0.15) is 31.6 Å². The fourth-order valence-corrected chi connectivity index (χ4v) is 1.45. The lowest BCUT2D eigenvalue weighted by molar-refractivity contribution is 0.270. The lowest BCUT2D eigenvalue weighted by Gasteiger charge is -2.09. The van der Waals surface area contributed by atoms with Gasteiger partial charge in [0.05, 0.1) is 6.04 Å². The number of ether oxygens (including phenoxy) is 1. The first-order chi connectivity index (χ1) is 9.08. The normalized spacial score (nSPS) is 12.7. The maximum Gasteiger partial charge on any atom is 0.243 e. The highest BCUT2D eigenvalue weighted by molar-refractivity contribution is 5.23. The molecular weight excluding hydrogens is 249 g/mol. The van der Waals surface area contributed by atoms with Gasteiger partial charge >= 0.3 is 0 Å². The molecule has 0 unspecified atom stereocenters. The zero-order valence-electron chi connectivity index (χ0n) is 10.8. The zero-order chi connectivity index (χ0) is 13.8. The highest BCUT2D eigenvalue weighted by Gasteiger charge is 2.18. The van der Waals surface area contributed by atoms with Crippen LogP contribution in [0.5, 0.6) is 5.75 Å². The van der Waals surface area contributed by atoms with Crippen molar-refractivity contribution in [2.75, 3.05) is 0 Å². The highest BCUT2D eigenvalue weighted by Crippen LogP contribution is 2.19. The minimum atomic E-state index is -0.426. The molecule has 2 N–H and O–H groups in total. The summed E-state index contributed by atoms with van der Waals surface area (Å²) in [6.07, 6.45) is 0. The van der Waals surface area contributed by atoms with Crippen molar-refractivity contribution in [2.24, 2.45) is 11.7 Å². The van der Waals surface area contributed by atoms with Crippen LogP contribution >= 0.6 is 0 Å². The van der Waals surface area contributed by atoms with E-state index in [1.807, 2.05) is 13.8 Å². The first kappa shape index (κ1) is 13.5. The zero-order valence-corrected chi connectivity index (χ0v) is 10.8. The van der Waals surface area contributed by atoms with E-state index in [4.69, 9.17) is 15.0 Å². The van der Waals surface area contributed by atoms with E-state index in [1.54, 1.807) is 12.1 Å². The smallest absolute Gasteiger partial charge is 0.243 e. The summed E-state index contributed by atoms with van der Waals surface area (Å²) in [5.41, 5.74) is 5.89. The molecule has 0 aliphatic carbocycles. The van der Waals surface area contributed by atoms with Gasteiger partial charge in [0.2, 0.25) is 11.7 Å². The minimum absolute atomic E-state index is 0.0370. The lowest BCUT2D eigenvalue weighted by atomic mass is 10.1. The molecule has 0 fully saturated rings. The number of nitrogens with zero attached hydrogens (tertiary/aromatic N) is 2. The molecule has 1 heterocycles. The number of aromatic nitrogens is 2. The van der Waals surface area contributed by atoms with E-state index in [0.29, 0.717) is 11.7 Å². The summed E-state index contributed by atoms with van der Waals surface area (Å²) in [6.45, 7) is 3.96. The highest BCUT2D eigenvalue weighted by atomic mass is 19.1. The summed E-state index contributed by atoms with van der Waals surface area (Å²) < 4.78 is 23.6. The van der Waals surface area contributed by atoms with Gasteiger partial charge in [-0.05, 0) is 18.1 Å². The van der Waals surface area contributed by atoms with Gasteiger partial charge in [-0.2, -0.15) is 4.98 Å². The molecule has 102 valence electrons. The fraction of sp³-hybridized carbons (Fsp3) is 0.385. The molecule has 5 nitrogen and oxygen atoms in total. The number of rotatable bonds is 5. The molecular formula is C13H16FN3O2. The maximum absolute atomic E-state index is 13.3. The summed E-state index contributed by atoms with van der Waals surface area (Å²) in [7, 11) is 0. The first-order valence-electron chi connectivity index (χ1n) is 6.03. The van der Waals surface area contributed by atoms with Gasteiger partial charge < -0.3 is 15.0 Å². The van der Waals surface area contributed by atoms with Crippen molar-refractivity contribution in [3.63, 3.8) is 0 Å². The van der Waals surface area contributed by atoms with Crippen LogP contribution in [0.2, 0.25) is 0 Å². The van der Waals surface area contributed by atoms with Crippen LogP contribution in [0.25, 0.3) is 0 Å². The van der Waals surface area contributed by atoms with E-state index >= 15 is 0 Å². The summed E-state index contributed by atoms with van der Waals surface area (Å²) in [4.78, 5) is 4.13. The predicted octanol–water partition coefficient (Wildman–Crippen LogP) is 2.44. The quantitative estimate of drug-likeness (QED) is 0.898. The van der Waals surface area contributed by atoms with Crippen LogP contribution in [0.4, 0.5) is 4.39 Å². The molecule has 0 radical (unpaired) electrons. The summed E-state index contributed by atoms with van der Waals surface area (Å²) in [5.74, 6) is 0.629. The second-order valence-corrected chi connectivity index (χ2v) is 4.54. The van der Waals surface area contributed by atoms with Crippen LogP contribution in [0.3, 0.4) is 0 Å². The molecule has 19 heavy (non-hydrogen) atoms. The van der Waals surface area contributed by atoms with Crippen LogP contribution in [-0.2, 0) is 6.61 Å². The summed E-state index contributed by atoms with van der Waals surface area (Å²) >= 11 is 0. The van der Waals surface area contributed by atoms with Crippen LogP contribution < -0.4 is 10.5 Å². The Morgan fingerprint density at radius 1 is 1.37 bits per heavy atom. The van der Waals surface area contributed by atoms with Gasteiger partial charge in [0.25, 0.3) is 0 Å². The van der Waals surface area contributed by atoms with Crippen molar-refractivity contribution in [2.45, 2.75) is 26.5 Å². The standard InChI is InChI=1S/C13H16FN3O2/c1-8(2)12(15)13-16-11(17-19-13)7-18-10-6-4-3-5-9(10)14/h3-6,8,12H,7,15H2,1-2H3/t12-/m0/s1. The average Bonchev–Trinajstić information content (AvgIpc) is 2.85. The van der Waals surface area contributed by atoms with Gasteiger partial charge in [0.15, 0.2) is 18.2 Å². The Morgan fingerprint density at radius 3 is 2.79 bits per heavy atom. The number of hydrogen-bond donors (Lipinski definition) is 1. The monoisotopic (exact) mass is 265 g/mol. The van der Waals surface area contributed by atoms with Crippen molar-refractivity contribution < 1.29 is 13.7 Å². The molecule has 2 aromatic rings. The Bertz CT molecular complexity index is 542. The predicted molar refractivity (Wildman–Crippen MR) is 66.8 cm³/mol. The molecule has 0 bridgehead atoms. The van der Waals surface area contributed by atoms with Gasteiger partial charge in [0.1, 0.15) is 0 Å². The number of nitrogens with two attached hydrogens (primary N) is 1. The van der Waals surface area contributed by atoms with E-state index < -0.39 is 5.82 Å². The van der Waals surface area contributed by atoms with E-state index in [9.17, 15) is 4.39 Å². The molecule has 1 aromatic carbocycles. The topological polar surface area (TPSA) is 74.2 Å². The summed E-state index contributed by atoms with van der Waals surface area (Å²) in [5, 5.41) is 3.75. The summed E-state index contributed by atoms with van der Waals surface area (Å²) in [6, 6.07) is 5.84. The molecule has 0 saturated carbocycles. The molecule has 1 aromatic heterocycles. The first-order valence-corrected chi connectivity index (χ1v) is 6.03. The maximum atomic E-state index is 13.3. The third kappa shape index (κ3) is 3.29. The van der Waals surface area contributed by atoms with Crippen molar-refractivity contribution in [3.05, 3.63) is 41.8 Å². The molecule has 0 aliphatic rings. The van der Waals surface area contributed by atoms with Crippen molar-refractivity contribution in [1.82, 2.24) is 10.1 Å². The Kier molecular flexibility index (Phi) is 4.11. The number of hydrogen-bond acceptors (Lipinski definition) is 5. The van der Waals surface area contributed by atoms with E-state index in [0.717, 1.165) is 0 Å². The van der Waals surface area contributed by atoms with Gasteiger partial charge in [-0.3, -0.25) is 0 Å². The molecule has 0 spiro atoms. The molecule has 0 saturated heterocycles. The molecule has 2 rings (SSSR count). The Hall–Kier alpha value is -1.95. The SMILES string of the molecule is CC(C)[C@H](N)c1nc(COc2ccccc2F)no1. The third-order valence-electron chi connectivity index (χ3n) is 2.68. The van der Waals surface area contributed by atoms with Crippen molar-refractivity contribution in [3.8, 4) is 5.75 Å².